The van der Waals surface area contributed by atoms with E-state index in [-0.39, 0.29) is 18.1 Å². The van der Waals surface area contributed by atoms with E-state index in [1.807, 2.05) is 0 Å². The number of rotatable bonds is 4. The summed E-state index contributed by atoms with van der Waals surface area (Å²) in [6.07, 6.45) is 0. The van der Waals surface area contributed by atoms with Crippen molar-refractivity contribution in [1.82, 2.24) is 5.32 Å². The molecule has 0 saturated carbocycles. The van der Waals surface area contributed by atoms with Gasteiger partial charge in [0.05, 0.1) is 12.2 Å². The first-order valence-electron chi connectivity index (χ1n) is 4.71. The van der Waals surface area contributed by atoms with Crippen LogP contribution in [-0.2, 0) is 0 Å². The molecular weight excluding hydrogens is 195 g/mol. The van der Waals surface area contributed by atoms with Crippen LogP contribution in [0.1, 0.15) is 10.4 Å². The van der Waals surface area contributed by atoms with Gasteiger partial charge in [0.2, 0.25) is 0 Å². The topological polar surface area (TPSA) is 32.3 Å². The molecule has 1 aromatic carbocycles. The lowest BCUT2D eigenvalue weighted by Gasteiger charge is -2.14. The molecule has 82 valence electrons. The SMILES string of the molecule is CNCC(=O)c1ccc(F)c(N(C)C)c1. The van der Waals surface area contributed by atoms with E-state index in [4.69, 9.17) is 0 Å². The fourth-order valence-electron chi connectivity index (χ4n) is 1.29. The maximum Gasteiger partial charge on any atom is 0.176 e. The number of likely N-dealkylation sites (N-methyl/N-ethyl adjacent to an activating group) is 1. The number of benzene rings is 1. The van der Waals surface area contributed by atoms with Crippen LogP contribution in [0.5, 0.6) is 0 Å². The highest BCUT2D eigenvalue weighted by molar-refractivity contribution is 5.98. The highest BCUT2D eigenvalue weighted by atomic mass is 19.1. The highest BCUT2D eigenvalue weighted by Crippen LogP contribution is 2.18. The number of nitrogens with one attached hydrogen (secondary N) is 1. The largest absolute Gasteiger partial charge is 0.375 e. The molecule has 0 fully saturated rings. The number of hydrogen-bond donors (Lipinski definition) is 1. The predicted molar refractivity (Wildman–Crippen MR) is 59.0 cm³/mol. The summed E-state index contributed by atoms with van der Waals surface area (Å²) in [5.41, 5.74) is 0.950. The van der Waals surface area contributed by atoms with Gasteiger partial charge in [-0.3, -0.25) is 4.79 Å². The molecule has 1 aromatic rings. The molecule has 15 heavy (non-hydrogen) atoms. The fourth-order valence-corrected chi connectivity index (χ4v) is 1.29. The zero-order valence-corrected chi connectivity index (χ0v) is 9.17. The van der Waals surface area contributed by atoms with E-state index in [1.165, 1.54) is 12.1 Å². The van der Waals surface area contributed by atoms with E-state index in [9.17, 15) is 9.18 Å². The summed E-state index contributed by atoms with van der Waals surface area (Å²) in [6.45, 7) is 0.262. The lowest BCUT2D eigenvalue weighted by molar-refractivity contribution is 0.0993. The van der Waals surface area contributed by atoms with Crippen LogP contribution in [0.4, 0.5) is 10.1 Å². The van der Waals surface area contributed by atoms with E-state index in [0.29, 0.717) is 11.3 Å². The van der Waals surface area contributed by atoms with Gasteiger partial charge in [0.25, 0.3) is 0 Å². The molecule has 0 aliphatic rings. The summed E-state index contributed by atoms with van der Waals surface area (Å²) < 4.78 is 13.3. The average Bonchev–Trinajstić information content (AvgIpc) is 2.18. The van der Waals surface area contributed by atoms with Gasteiger partial charge in [-0.25, -0.2) is 4.39 Å². The third-order valence-electron chi connectivity index (χ3n) is 2.09. The van der Waals surface area contributed by atoms with Gasteiger partial charge in [0, 0.05) is 19.7 Å². The molecule has 4 heteroatoms. The van der Waals surface area contributed by atoms with Crippen LogP contribution in [0.15, 0.2) is 18.2 Å². The molecule has 0 unspecified atom stereocenters. The lowest BCUT2D eigenvalue weighted by Crippen LogP contribution is -2.19. The minimum atomic E-state index is -0.319. The Labute approximate surface area is 88.9 Å². The average molecular weight is 210 g/mol. The van der Waals surface area contributed by atoms with Gasteiger partial charge in [0.1, 0.15) is 5.82 Å². The smallest absolute Gasteiger partial charge is 0.176 e. The van der Waals surface area contributed by atoms with Gasteiger partial charge >= 0.3 is 0 Å². The number of hydrogen-bond acceptors (Lipinski definition) is 3. The van der Waals surface area contributed by atoms with Crippen molar-refractivity contribution in [3.05, 3.63) is 29.6 Å². The molecule has 0 radical (unpaired) electrons. The van der Waals surface area contributed by atoms with E-state index in [0.717, 1.165) is 0 Å². The standard InChI is InChI=1S/C11H15FN2O/c1-13-7-11(15)8-4-5-9(12)10(6-8)14(2)3/h4-6,13H,7H2,1-3H3. The van der Waals surface area contributed by atoms with Crippen molar-refractivity contribution in [3.63, 3.8) is 0 Å². The first-order valence-corrected chi connectivity index (χ1v) is 4.71. The number of halogens is 1. The van der Waals surface area contributed by atoms with Gasteiger partial charge < -0.3 is 10.2 Å². The second-order valence-corrected chi connectivity index (χ2v) is 3.51. The van der Waals surface area contributed by atoms with Crippen LogP contribution in [0.3, 0.4) is 0 Å². The second kappa shape index (κ2) is 4.89. The molecule has 0 aromatic heterocycles. The van der Waals surface area contributed by atoms with E-state index >= 15 is 0 Å². The molecular formula is C11H15FN2O. The first-order chi connectivity index (χ1) is 7.06. The van der Waals surface area contributed by atoms with Crippen LogP contribution in [0, 0.1) is 5.82 Å². The highest BCUT2D eigenvalue weighted by Gasteiger charge is 2.09. The Morgan fingerprint density at radius 2 is 2.13 bits per heavy atom. The molecule has 0 heterocycles. The van der Waals surface area contributed by atoms with Crippen LogP contribution in [0.25, 0.3) is 0 Å². The van der Waals surface area contributed by atoms with E-state index < -0.39 is 0 Å². The number of Topliss-reactive ketones (excluding diaryl/α,β-unsaturated/α-hetero) is 1. The zero-order chi connectivity index (χ0) is 11.4. The molecule has 1 rings (SSSR count). The Kier molecular flexibility index (Phi) is 3.80. The number of ketones is 1. The molecule has 0 aliphatic heterocycles. The van der Waals surface area contributed by atoms with Crippen LogP contribution >= 0.6 is 0 Å². The Morgan fingerprint density at radius 3 is 2.67 bits per heavy atom. The third kappa shape index (κ3) is 2.76. The van der Waals surface area contributed by atoms with Gasteiger partial charge in [-0.05, 0) is 25.2 Å². The van der Waals surface area contributed by atoms with Crippen LogP contribution in [-0.4, -0.2) is 33.5 Å². The zero-order valence-electron chi connectivity index (χ0n) is 9.17. The number of nitrogens with zero attached hydrogens (tertiary/aromatic N) is 1. The van der Waals surface area contributed by atoms with Crippen LogP contribution < -0.4 is 10.2 Å². The summed E-state index contributed by atoms with van der Waals surface area (Å²) in [5.74, 6) is -0.360. The molecule has 0 spiro atoms. The minimum Gasteiger partial charge on any atom is -0.375 e. The van der Waals surface area contributed by atoms with Crippen molar-refractivity contribution >= 4 is 11.5 Å². The lowest BCUT2D eigenvalue weighted by atomic mass is 10.1. The van der Waals surface area contributed by atoms with Gasteiger partial charge in [-0.15, -0.1) is 0 Å². The predicted octanol–water partition coefficient (Wildman–Crippen LogP) is 1.29. The molecule has 0 atom stereocenters. The first kappa shape index (κ1) is 11.7. The van der Waals surface area contributed by atoms with Crippen molar-refractivity contribution in [3.8, 4) is 0 Å². The molecule has 0 aliphatic carbocycles. The Morgan fingerprint density at radius 1 is 1.47 bits per heavy atom. The summed E-state index contributed by atoms with van der Waals surface area (Å²) >= 11 is 0. The van der Waals surface area contributed by atoms with Crippen molar-refractivity contribution in [2.75, 3.05) is 32.6 Å². The summed E-state index contributed by atoms with van der Waals surface area (Å²) in [6, 6.07) is 4.38. The number of carbonyl (C=O) groups is 1. The normalized spacial score (nSPS) is 10.1. The van der Waals surface area contributed by atoms with Crippen molar-refractivity contribution in [1.29, 1.82) is 0 Å². The van der Waals surface area contributed by atoms with Gasteiger partial charge in [-0.1, -0.05) is 0 Å². The van der Waals surface area contributed by atoms with Crippen molar-refractivity contribution < 1.29 is 9.18 Å². The van der Waals surface area contributed by atoms with Crippen LogP contribution in [0.2, 0.25) is 0 Å². The molecule has 0 bridgehead atoms. The van der Waals surface area contributed by atoms with Gasteiger partial charge in [0.15, 0.2) is 5.78 Å². The van der Waals surface area contributed by atoms with Crippen molar-refractivity contribution in [2.45, 2.75) is 0 Å². The maximum atomic E-state index is 13.3. The third-order valence-corrected chi connectivity index (χ3v) is 2.09. The fraction of sp³-hybridized carbons (Fsp3) is 0.364. The molecule has 0 amide bonds. The second-order valence-electron chi connectivity index (χ2n) is 3.51. The Balaban J connectivity index is 3.02. The number of carbonyl (C=O) groups excluding carboxylic acids is 1. The quantitative estimate of drug-likeness (QED) is 0.760. The summed E-state index contributed by atoms with van der Waals surface area (Å²) in [5, 5.41) is 2.77. The van der Waals surface area contributed by atoms with E-state index in [1.54, 1.807) is 32.1 Å². The molecule has 0 saturated heterocycles. The van der Waals surface area contributed by atoms with E-state index in [2.05, 4.69) is 5.32 Å². The molecule has 1 N–H and O–H groups in total. The van der Waals surface area contributed by atoms with Crippen molar-refractivity contribution in [2.24, 2.45) is 0 Å². The number of anilines is 1. The van der Waals surface area contributed by atoms with Gasteiger partial charge in [-0.2, -0.15) is 0 Å². The Hall–Kier alpha value is -1.42. The summed E-state index contributed by atoms with van der Waals surface area (Å²) in [4.78, 5) is 13.2. The maximum absolute atomic E-state index is 13.3. The summed E-state index contributed by atoms with van der Waals surface area (Å²) in [7, 11) is 5.18. The molecule has 3 nitrogen and oxygen atoms in total. The monoisotopic (exact) mass is 210 g/mol. The minimum absolute atomic E-state index is 0.0411. The Bertz CT molecular complexity index is 364.